The smallest absolute Gasteiger partial charge is 0.216 e. The fraction of sp³-hybridized carbons (Fsp3) is 0.222. The van der Waals surface area contributed by atoms with Gasteiger partial charge in [0.2, 0.25) is 5.95 Å². The van der Waals surface area contributed by atoms with Gasteiger partial charge in [0.1, 0.15) is 0 Å². The van der Waals surface area contributed by atoms with Gasteiger partial charge in [-0.2, -0.15) is 21.3 Å². The van der Waals surface area contributed by atoms with Crippen LogP contribution < -0.4 is 4.72 Å². The third-order valence-corrected chi connectivity index (χ3v) is 4.41. The summed E-state index contributed by atoms with van der Waals surface area (Å²) in [5.41, 5.74) is 4.03. The molecule has 0 bridgehead atoms. The Kier molecular flexibility index (Phi) is 5.55. The van der Waals surface area contributed by atoms with Crippen molar-refractivity contribution in [3.05, 3.63) is 71.4 Å². The van der Waals surface area contributed by atoms with Crippen LogP contribution in [0.15, 0.2) is 48.7 Å². The van der Waals surface area contributed by atoms with Crippen LogP contribution in [0, 0.1) is 5.95 Å². The minimum atomic E-state index is -0.439. The summed E-state index contributed by atoms with van der Waals surface area (Å²) >= 11 is 0.986. The Bertz CT molecular complexity index is 839. The van der Waals surface area contributed by atoms with Crippen LogP contribution in [-0.4, -0.2) is 22.3 Å². The van der Waals surface area contributed by atoms with Crippen molar-refractivity contribution in [1.29, 1.82) is 0 Å². The first kappa shape index (κ1) is 17.7. The van der Waals surface area contributed by atoms with Gasteiger partial charge in [0.15, 0.2) is 7.12 Å². The third-order valence-electron chi connectivity index (χ3n) is 4.03. The Morgan fingerprint density at radius 3 is 2.68 bits per heavy atom. The van der Waals surface area contributed by atoms with Gasteiger partial charge in [0, 0.05) is 11.8 Å². The lowest BCUT2D eigenvalue weighted by Gasteiger charge is -2.19. The maximum atomic E-state index is 14.3. The minimum Gasteiger partial charge on any atom is -0.278 e. The van der Waals surface area contributed by atoms with E-state index in [-0.39, 0.29) is 12.0 Å². The van der Waals surface area contributed by atoms with E-state index in [0.29, 0.717) is 11.3 Å². The van der Waals surface area contributed by atoms with Crippen molar-refractivity contribution in [1.82, 2.24) is 19.9 Å². The number of hydrogen-bond donors (Lipinski definition) is 2. The zero-order valence-corrected chi connectivity index (χ0v) is 14.8. The van der Waals surface area contributed by atoms with E-state index in [0.717, 1.165) is 28.6 Å². The topological polar surface area (TPSA) is 53.6 Å². The fourth-order valence-corrected chi connectivity index (χ4v) is 3.11. The average molecular weight is 352 g/mol. The molecule has 0 fully saturated rings. The van der Waals surface area contributed by atoms with E-state index in [2.05, 4.69) is 19.9 Å². The van der Waals surface area contributed by atoms with Crippen molar-refractivity contribution in [3.63, 3.8) is 0 Å². The van der Waals surface area contributed by atoms with Crippen molar-refractivity contribution in [2.24, 2.45) is 0 Å². The number of nitrogens with zero attached hydrogens (tertiary/aromatic N) is 2. The first-order valence-corrected chi connectivity index (χ1v) is 8.85. The first-order chi connectivity index (χ1) is 12.1. The Morgan fingerprint density at radius 1 is 1.20 bits per heavy atom. The number of rotatable bonds is 6. The second kappa shape index (κ2) is 7.84. The van der Waals surface area contributed by atoms with Gasteiger partial charge in [0.25, 0.3) is 0 Å². The average Bonchev–Trinajstić information content (AvgIpc) is 3.14. The molecule has 1 unspecified atom stereocenters. The molecule has 25 heavy (non-hydrogen) atoms. The first-order valence-electron chi connectivity index (χ1n) is 7.97. The molecule has 3 rings (SSSR count). The lowest BCUT2D eigenvalue weighted by Crippen LogP contribution is -2.18. The minimum absolute atomic E-state index is 0.0838. The van der Waals surface area contributed by atoms with Gasteiger partial charge in [0.05, 0.1) is 17.4 Å². The molecule has 0 aliphatic carbocycles. The molecule has 7 heteroatoms. The Balaban J connectivity index is 1.99. The Morgan fingerprint density at radius 2 is 2.04 bits per heavy atom. The molecule has 2 radical (unpaired) electrons. The number of hydrogen-bond acceptors (Lipinski definition) is 4. The van der Waals surface area contributed by atoms with Crippen molar-refractivity contribution in [3.8, 4) is 11.3 Å². The number of aromatic nitrogens is 3. The van der Waals surface area contributed by atoms with Crippen LogP contribution in [-0.2, 0) is 0 Å². The number of pyridine rings is 1. The molecule has 0 spiro atoms. The molecular formula is C18H18BFN4S. The summed E-state index contributed by atoms with van der Waals surface area (Å²) in [5.74, 6) is -0.355. The monoisotopic (exact) mass is 352 g/mol. The molecule has 0 aliphatic heterocycles. The zero-order valence-electron chi connectivity index (χ0n) is 14.0. The molecule has 1 atom stereocenters. The SMILES string of the molecule is [B]SNC(c1cccc(-c2ccn[nH]2)c1)c1ccc(C(C)C)c(F)n1. The number of nitrogens with one attached hydrogen (secondary N) is 2. The van der Waals surface area contributed by atoms with Gasteiger partial charge < -0.3 is 0 Å². The van der Waals surface area contributed by atoms with Crippen LogP contribution in [0.25, 0.3) is 11.3 Å². The molecule has 0 amide bonds. The molecule has 2 aromatic heterocycles. The highest BCUT2D eigenvalue weighted by molar-refractivity contribution is 8.18. The number of H-pyrrole nitrogens is 1. The van der Waals surface area contributed by atoms with Crippen molar-refractivity contribution >= 4 is 18.9 Å². The second-order valence-corrected chi connectivity index (χ2v) is 6.51. The number of benzene rings is 1. The van der Waals surface area contributed by atoms with E-state index < -0.39 is 5.95 Å². The summed E-state index contributed by atoms with van der Waals surface area (Å²) in [7, 11) is 5.62. The molecule has 1 aromatic carbocycles. The number of halogens is 1. The van der Waals surface area contributed by atoms with Crippen LogP contribution in [0.3, 0.4) is 0 Å². The highest BCUT2D eigenvalue weighted by atomic mass is 32.2. The van der Waals surface area contributed by atoms with Crippen LogP contribution in [0.2, 0.25) is 0 Å². The largest absolute Gasteiger partial charge is 0.278 e. The molecule has 4 nitrogen and oxygen atoms in total. The predicted molar refractivity (Wildman–Crippen MR) is 101 cm³/mol. The molecule has 2 heterocycles. The molecule has 2 N–H and O–H groups in total. The van der Waals surface area contributed by atoms with E-state index in [1.807, 2.05) is 50.2 Å². The van der Waals surface area contributed by atoms with E-state index in [1.165, 1.54) is 0 Å². The summed E-state index contributed by atoms with van der Waals surface area (Å²) in [4.78, 5) is 4.16. The van der Waals surface area contributed by atoms with Crippen molar-refractivity contribution < 1.29 is 4.39 Å². The van der Waals surface area contributed by atoms with Gasteiger partial charge in [-0.1, -0.05) is 38.1 Å². The van der Waals surface area contributed by atoms with Crippen LogP contribution in [0.1, 0.15) is 42.6 Å². The highest BCUT2D eigenvalue weighted by Gasteiger charge is 2.18. The normalized spacial score (nSPS) is 12.5. The van der Waals surface area contributed by atoms with E-state index in [9.17, 15) is 4.39 Å². The van der Waals surface area contributed by atoms with Crippen molar-refractivity contribution in [2.45, 2.75) is 25.8 Å². The Labute approximate surface area is 152 Å². The molecular weight excluding hydrogens is 334 g/mol. The molecule has 0 aliphatic rings. The predicted octanol–water partition coefficient (Wildman–Crippen LogP) is 4.14. The summed E-state index contributed by atoms with van der Waals surface area (Å²) < 4.78 is 17.4. The second-order valence-electron chi connectivity index (χ2n) is 6.04. The van der Waals surface area contributed by atoms with Crippen molar-refractivity contribution in [2.75, 3.05) is 0 Å². The summed E-state index contributed by atoms with van der Waals surface area (Å²) in [6.45, 7) is 3.89. The summed E-state index contributed by atoms with van der Waals surface area (Å²) in [6.07, 6.45) is 1.70. The van der Waals surface area contributed by atoms with Gasteiger partial charge in [-0.15, -0.1) is 0 Å². The molecule has 0 saturated carbocycles. The van der Waals surface area contributed by atoms with E-state index in [1.54, 1.807) is 12.3 Å². The maximum Gasteiger partial charge on any atom is 0.216 e. The molecule has 126 valence electrons. The quantitative estimate of drug-likeness (QED) is 0.398. The van der Waals surface area contributed by atoms with Crippen LogP contribution >= 0.6 is 11.8 Å². The Hall–Kier alpha value is -2.12. The van der Waals surface area contributed by atoms with Crippen LogP contribution in [0.5, 0.6) is 0 Å². The fourth-order valence-electron chi connectivity index (χ4n) is 2.72. The lowest BCUT2D eigenvalue weighted by molar-refractivity contribution is 0.544. The standard InChI is InChI=1S/C18H18BFN4S/c1-11(2)14-6-7-16(22-18(14)20)17(24-25-19)13-5-3-4-12(10-13)15-8-9-21-23-15/h3-11,17,24H,1-2H3,(H,21,23). The zero-order chi connectivity index (χ0) is 17.8. The third kappa shape index (κ3) is 3.94. The summed E-state index contributed by atoms with van der Waals surface area (Å²) in [6, 6.07) is 13.1. The van der Waals surface area contributed by atoms with E-state index >= 15 is 0 Å². The summed E-state index contributed by atoms with van der Waals surface area (Å²) in [5, 5.41) is 6.92. The maximum absolute atomic E-state index is 14.3. The van der Waals surface area contributed by atoms with E-state index in [4.69, 9.17) is 7.12 Å². The van der Waals surface area contributed by atoms with Gasteiger partial charge >= 0.3 is 0 Å². The van der Waals surface area contributed by atoms with Gasteiger partial charge in [-0.3, -0.25) is 9.82 Å². The molecule has 0 saturated heterocycles. The lowest BCUT2D eigenvalue weighted by atomic mass is 9.99. The number of aromatic amines is 1. The highest BCUT2D eigenvalue weighted by Crippen LogP contribution is 2.28. The van der Waals surface area contributed by atoms with Crippen LogP contribution in [0.4, 0.5) is 4.39 Å². The van der Waals surface area contributed by atoms with Gasteiger partial charge in [-0.25, -0.2) is 4.98 Å². The molecule has 3 aromatic rings. The van der Waals surface area contributed by atoms with Gasteiger partial charge in [-0.05, 0) is 35.2 Å².